The predicted octanol–water partition coefficient (Wildman–Crippen LogP) is 2.24. The van der Waals surface area contributed by atoms with E-state index in [2.05, 4.69) is 34.0 Å². The summed E-state index contributed by atoms with van der Waals surface area (Å²) in [5, 5.41) is 0. The van der Waals surface area contributed by atoms with Gasteiger partial charge in [0.15, 0.2) is 0 Å². The van der Waals surface area contributed by atoms with Gasteiger partial charge < -0.3 is 6.15 Å². The molecule has 0 saturated carbocycles. The van der Waals surface area contributed by atoms with Gasteiger partial charge in [0.25, 0.3) is 0 Å². The standard InChI is InChI=1S/C7H8.C4H8O4S.H3N/c1-7-5-3-2-4-6-7;1-3-4-8-9(5,6)7-2;/h2-6H,1H3;3H,1,4H2,2H3;1H3. The lowest BCUT2D eigenvalue weighted by molar-refractivity contribution is 0.265. The summed E-state index contributed by atoms with van der Waals surface area (Å²) >= 11 is 0. The molecule has 5 nitrogen and oxygen atoms in total. The van der Waals surface area contributed by atoms with E-state index in [1.807, 2.05) is 18.2 Å². The van der Waals surface area contributed by atoms with Crippen LogP contribution in [-0.2, 0) is 18.8 Å². The zero-order valence-corrected chi connectivity index (χ0v) is 10.9. The lowest BCUT2D eigenvalue weighted by Gasteiger charge is -1.96. The smallest absolute Gasteiger partial charge is 0.344 e. The molecule has 0 spiro atoms. The Balaban J connectivity index is 0. The fraction of sp³-hybridized carbons (Fsp3) is 0.273. The highest BCUT2D eigenvalue weighted by atomic mass is 32.3. The molecule has 0 aliphatic rings. The third kappa shape index (κ3) is 11.1. The Bertz CT molecular complexity index is 389. The van der Waals surface area contributed by atoms with Crippen LogP contribution in [-0.4, -0.2) is 22.1 Å². The van der Waals surface area contributed by atoms with Gasteiger partial charge in [-0.3, -0.25) is 4.18 Å². The third-order valence-corrected chi connectivity index (χ3v) is 2.31. The van der Waals surface area contributed by atoms with Crippen molar-refractivity contribution in [3.8, 4) is 0 Å². The highest BCUT2D eigenvalue weighted by Gasteiger charge is 2.05. The van der Waals surface area contributed by atoms with Crippen LogP contribution in [0.5, 0.6) is 0 Å². The maximum absolute atomic E-state index is 10.3. The lowest BCUT2D eigenvalue weighted by atomic mass is 10.2. The van der Waals surface area contributed by atoms with Crippen LogP contribution in [0.2, 0.25) is 0 Å². The van der Waals surface area contributed by atoms with E-state index in [1.165, 1.54) is 11.6 Å². The first-order chi connectivity index (χ1) is 7.52. The van der Waals surface area contributed by atoms with Gasteiger partial charge in [-0.05, 0) is 6.92 Å². The first-order valence-corrected chi connectivity index (χ1v) is 5.92. The van der Waals surface area contributed by atoms with Crippen LogP contribution in [0.4, 0.5) is 0 Å². The van der Waals surface area contributed by atoms with Crippen LogP contribution in [0.15, 0.2) is 43.0 Å². The van der Waals surface area contributed by atoms with Gasteiger partial charge in [-0.15, -0.1) is 6.58 Å². The Hall–Kier alpha value is -1.21. The highest BCUT2D eigenvalue weighted by Crippen LogP contribution is 1.92. The van der Waals surface area contributed by atoms with Crippen LogP contribution in [0, 0.1) is 6.92 Å². The number of rotatable bonds is 4. The van der Waals surface area contributed by atoms with Crippen LogP contribution in [0.3, 0.4) is 0 Å². The molecule has 0 fully saturated rings. The largest absolute Gasteiger partial charge is 0.399 e. The number of benzene rings is 1. The molecule has 1 aromatic carbocycles. The average Bonchev–Trinajstić information content (AvgIpc) is 2.28. The molecular formula is C11H19NO4S. The van der Waals surface area contributed by atoms with E-state index in [4.69, 9.17) is 0 Å². The molecule has 6 heteroatoms. The van der Waals surface area contributed by atoms with E-state index in [9.17, 15) is 8.42 Å². The Kier molecular flexibility index (Phi) is 10.7. The fourth-order valence-corrected chi connectivity index (χ4v) is 1.07. The van der Waals surface area contributed by atoms with E-state index in [-0.39, 0.29) is 12.8 Å². The van der Waals surface area contributed by atoms with Crippen molar-refractivity contribution in [1.29, 1.82) is 0 Å². The second kappa shape index (κ2) is 9.98. The monoisotopic (exact) mass is 261 g/mol. The molecular weight excluding hydrogens is 242 g/mol. The van der Waals surface area contributed by atoms with Gasteiger partial charge in [0, 0.05) is 0 Å². The van der Waals surface area contributed by atoms with Gasteiger partial charge in [0.2, 0.25) is 0 Å². The van der Waals surface area contributed by atoms with E-state index in [0.29, 0.717) is 0 Å². The minimum absolute atomic E-state index is 0. The van der Waals surface area contributed by atoms with Gasteiger partial charge >= 0.3 is 10.4 Å². The molecule has 1 rings (SSSR count). The quantitative estimate of drug-likeness (QED) is 0.840. The van der Waals surface area contributed by atoms with Crippen molar-refractivity contribution in [2.45, 2.75) is 6.92 Å². The van der Waals surface area contributed by atoms with E-state index >= 15 is 0 Å². The molecule has 0 bridgehead atoms. The summed E-state index contributed by atoms with van der Waals surface area (Å²) in [7, 11) is -2.73. The lowest BCUT2D eigenvalue weighted by Crippen LogP contribution is -2.06. The molecule has 98 valence electrons. The highest BCUT2D eigenvalue weighted by molar-refractivity contribution is 7.81. The maximum Gasteiger partial charge on any atom is 0.399 e. The molecule has 0 amide bonds. The van der Waals surface area contributed by atoms with Crippen molar-refractivity contribution in [3.05, 3.63) is 48.6 Å². The normalized spacial score (nSPS) is 9.53. The van der Waals surface area contributed by atoms with Crippen molar-refractivity contribution < 1.29 is 16.8 Å². The zero-order valence-electron chi connectivity index (χ0n) is 10.1. The summed E-state index contributed by atoms with van der Waals surface area (Å²) < 4.78 is 28.6. The van der Waals surface area contributed by atoms with Crippen LogP contribution >= 0.6 is 0 Å². The molecule has 0 radical (unpaired) electrons. The Morgan fingerprint density at radius 2 is 1.82 bits per heavy atom. The molecule has 0 aliphatic heterocycles. The second-order valence-electron chi connectivity index (χ2n) is 2.80. The summed E-state index contributed by atoms with van der Waals surface area (Å²) in [6.45, 7) is 5.28. The maximum atomic E-state index is 10.3. The summed E-state index contributed by atoms with van der Waals surface area (Å²) in [4.78, 5) is 0. The van der Waals surface area contributed by atoms with Gasteiger partial charge in [0.1, 0.15) is 0 Å². The second-order valence-corrected chi connectivity index (χ2v) is 4.19. The van der Waals surface area contributed by atoms with Crippen molar-refractivity contribution in [2.24, 2.45) is 0 Å². The minimum Gasteiger partial charge on any atom is -0.344 e. The Morgan fingerprint density at radius 3 is 2.12 bits per heavy atom. The van der Waals surface area contributed by atoms with Crippen LogP contribution in [0.1, 0.15) is 5.56 Å². The molecule has 17 heavy (non-hydrogen) atoms. The molecule has 0 aromatic heterocycles. The fourth-order valence-electron chi connectivity index (χ4n) is 0.714. The van der Waals surface area contributed by atoms with Crippen LogP contribution in [0.25, 0.3) is 0 Å². The summed E-state index contributed by atoms with van der Waals surface area (Å²) in [5.74, 6) is 0. The minimum atomic E-state index is -3.75. The van der Waals surface area contributed by atoms with Gasteiger partial charge in [-0.1, -0.05) is 42.0 Å². The molecule has 0 heterocycles. The predicted molar refractivity (Wildman–Crippen MR) is 68.3 cm³/mol. The van der Waals surface area contributed by atoms with E-state index in [0.717, 1.165) is 7.11 Å². The van der Waals surface area contributed by atoms with E-state index < -0.39 is 10.4 Å². The van der Waals surface area contributed by atoms with Gasteiger partial charge in [-0.25, -0.2) is 4.18 Å². The third-order valence-electron chi connectivity index (χ3n) is 1.47. The summed E-state index contributed by atoms with van der Waals surface area (Å²) in [6, 6.07) is 10.3. The van der Waals surface area contributed by atoms with Gasteiger partial charge in [-0.2, -0.15) is 8.42 Å². The average molecular weight is 261 g/mol. The molecule has 0 aliphatic carbocycles. The molecule has 1 aromatic rings. The Morgan fingerprint density at radius 1 is 1.29 bits per heavy atom. The van der Waals surface area contributed by atoms with Crippen molar-refractivity contribution in [3.63, 3.8) is 0 Å². The number of aryl methyl sites for hydroxylation is 1. The molecule has 3 N–H and O–H groups in total. The molecule has 0 unspecified atom stereocenters. The summed E-state index contributed by atoms with van der Waals surface area (Å²) in [5.41, 5.74) is 1.32. The van der Waals surface area contributed by atoms with Crippen LogP contribution < -0.4 is 6.15 Å². The number of hydrogen-bond acceptors (Lipinski definition) is 5. The molecule has 0 atom stereocenters. The number of hydrogen-bond donors (Lipinski definition) is 1. The molecule has 0 saturated heterocycles. The van der Waals surface area contributed by atoms with Gasteiger partial charge in [0.05, 0.1) is 13.7 Å². The summed E-state index contributed by atoms with van der Waals surface area (Å²) in [6.07, 6.45) is 1.32. The van der Waals surface area contributed by atoms with Crippen molar-refractivity contribution >= 4 is 10.4 Å². The van der Waals surface area contributed by atoms with Crippen molar-refractivity contribution in [1.82, 2.24) is 6.15 Å². The van der Waals surface area contributed by atoms with E-state index in [1.54, 1.807) is 0 Å². The first kappa shape index (κ1) is 18.2. The zero-order chi connectivity index (χ0) is 12.4. The topological polar surface area (TPSA) is 87.6 Å². The van der Waals surface area contributed by atoms with Crippen molar-refractivity contribution in [2.75, 3.05) is 13.7 Å². The first-order valence-electron chi connectivity index (χ1n) is 4.59. The SMILES string of the molecule is C=CCOS(=O)(=O)OC.Cc1ccccc1.N. The Labute approximate surface area is 103 Å².